The van der Waals surface area contributed by atoms with Gasteiger partial charge in [-0.05, 0) is 38.8 Å². The summed E-state index contributed by atoms with van der Waals surface area (Å²) in [4.78, 5) is 4.17. The molecule has 7 heteroatoms. The summed E-state index contributed by atoms with van der Waals surface area (Å²) < 4.78 is 25.3. The van der Waals surface area contributed by atoms with Crippen molar-refractivity contribution in [3.63, 3.8) is 0 Å². The van der Waals surface area contributed by atoms with Crippen LogP contribution in [0.15, 0.2) is 23.2 Å². The standard InChI is InChI=1S/C16H28N4O2S/c1-12-7-8-14(13(2)9-12)10-18-15(17-5)19-11-16(3,4)20-23(6,21)22/h7-9,20H,10-11H2,1-6H3,(H2,17,18,19). The predicted octanol–water partition coefficient (Wildman–Crippen LogP) is 1.30. The molecular weight excluding hydrogens is 312 g/mol. The molecule has 0 aliphatic heterocycles. The summed E-state index contributed by atoms with van der Waals surface area (Å²) in [7, 11) is -1.56. The highest BCUT2D eigenvalue weighted by Gasteiger charge is 2.22. The first-order valence-electron chi connectivity index (χ1n) is 7.52. The number of guanidine groups is 1. The summed E-state index contributed by atoms with van der Waals surface area (Å²) in [5, 5.41) is 6.39. The van der Waals surface area contributed by atoms with Crippen molar-refractivity contribution in [2.24, 2.45) is 4.99 Å². The average molecular weight is 340 g/mol. The Morgan fingerprint density at radius 1 is 1.22 bits per heavy atom. The first-order chi connectivity index (χ1) is 10.5. The van der Waals surface area contributed by atoms with E-state index in [0.717, 1.165) is 6.26 Å². The third-order valence-electron chi connectivity index (χ3n) is 3.33. The molecular formula is C16H28N4O2S. The topological polar surface area (TPSA) is 82.6 Å². The van der Waals surface area contributed by atoms with Gasteiger partial charge in [0.25, 0.3) is 0 Å². The number of benzene rings is 1. The molecule has 130 valence electrons. The molecule has 0 heterocycles. The van der Waals surface area contributed by atoms with Gasteiger partial charge in [-0.3, -0.25) is 4.99 Å². The Balaban J connectivity index is 2.58. The Kier molecular flexibility index (Phi) is 6.58. The third-order valence-corrected chi connectivity index (χ3v) is 4.25. The van der Waals surface area contributed by atoms with Crippen molar-refractivity contribution in [3.05, 3.63) is 34.9 Å². The van der Waals surface area contributed by atoms with Gasteiger partial charge in [-0.25, -0.2) is 13.1 Å². The Hall–Kier alpha value is -1.60. The normalized spacial score (nSPS) is 13.0. The van der Waals surface area contributed by atoms with Gasteiger partial charge in [-0.2, -0.15) is 0 Å². The zero-order chi connectivity index (χ0) is 17.7. The first-order valence-corrected chi connectivity index (χ1v) is 9.41. The summed E-state index contributed by atoms with van der Waals surface area (Å²) in [5.41, 5.74) is 3.06. The summed E-state index contributed by atoms with van der Waals surface area (Å²) in [6.07, 6.45) is 1.15. The summed E-state index contributed by atoms with van der Waals surface area (Å²) >= 11 is 0. The predicted molar refractivity (Wildman–Crippen MR) is 96.2 cm³/mol. The summed E-state index contributed by atoms with van der Waals surface area (Å²) in [6.45, 7) is 8.87. The highest BCUT2D eigenvalue weighted by atomic mass is 32.2. The molecule has 0 spiro atoms. The van der Waals surface area contributed by atoms with Gasteiger partial charge in [0.2, 0.25) is 10.0 Å². The van der Waals surface area contributed by atoms with E-state index in [-0.39, 0.29) is 0 Å². The minimum atomic E-state index is -3.25. The molecule has 1 aromatic carbocycles. The monoisotopic (exact) mass is 340 g/mol. The lowest BCUT2D eigenvalue weighted by atomic mass is 10.1. The smallest absolute Gasteiger partial charge is 0.209 e. The molecule has 1 rings (SSSR count). The van der Waals surface area contributed by atoms with Gasteiger partial charge in [0, 0.05) is 25.7 Å². The zero-order valence-corrected chi connectivity index (χ0v) is 15.6. The van der Waals surface area contributed by atoms with Crippen molar-refractivity contribution >= 4 is 16.0 Å². The average Bonchev–Trinajstić information content (AvgIpc) is 2.38. The van der Waals surface area contributed by atoms with Crippen molar-refractivity contribution in [2.75, 3.05) is 19.8 Å². The van der Waals surface area contributed by atoms with Crippen molar-refractivity contribution in [3.8, 4) is 0 Å². The zero-order valence-electron chi connectivity index (χ0n) is 14.8. The molecule has 0 bridgehead atoms. The number of nitrogens with one attached hydrogen (secondary N) is 3. The van der Waals surface area contributed by atoms with Crippen LogP contribution in [0.1, 0.15) is 30.5 Å². The van der Waals surface area contributed by atoms with Gasteiger partial charge in [0.15, 0.2) is 5.96 Å². The number of aliphatic imine (C=N–C) groups is 1. The quantitative estimate of drug-likeness (QED) is 0.538. The van der Waals surface area contributed by atoms with Crippen LogP contribution in [-0.2, 0) is 16.6 Å². The van der Waals surface area contributed by atoms with Crippen molar-refractivity contribution in [1.29, 1.82) is 0 Å². The Bertz CT molecular complexity index is 667. The molecule has 0 saturated heterocycles. The summed E-state index contributed by atoms with van der Waals surface area (Å²) in [6, 6.07) is 6.33. The van der Waals surface area contributed by atoms with E-state index in [1.54, 1.807) is 7.05 Å². The highest BCUT2D eigenvalue weighted by Crippen LogP contribution is 2.10. The van der Waals surface area contributed by atoms with Crippen LogP contribution in [0.4, 0.5) is 0 Å². The van der Waals surface area contributed by atoms with E-state index < -0.39 is 15.6 Å². The van der Waals surface area contributed by atoms with Crippen LogP contribution >= 0.6 is 0 Å². The number of hydrogen-bond donors (Lipinski definition) is 3. The molecule has 0 aliphatic rings. The van der Waals surface area contributed by atoms with Crippen molar-refractivity contribution < 1.29 is 8.42 Å². The van der Waals surface area contributed by atoms with E-state index in [4.69, 9.17) is 0 Å². The Morgan fingerprint density at radius 2 is 1.87 bits per heavy atom. The molecule has 1 aromatic rings. The van der Waals surface area contributed by atoms with E-state index in [0.29, 0.717) is 19.0 Å². The molecule has 0 saturated carbocycles. The SMILES string of the molecule is CN=C(NCc1ccc(C)cc1C)NCC(C)(C)NS(C)(=O)=O. The molecule has 0 radical (unpaired) electrons. The minimum absolute atomic E-state index is 0.423. The van der Waals surface area contributed by atoms with Gasteiger partial charge >= 0.3 is 0 Å². The van der Waals surface area contributed by atoms with Crippen LogP contribution in [0, 0.1) is 13.8 Å². The van der Waals surface area contributed by atoms with Crippen molar-refractivity contribution in [1.82, 2.24) is 15.4 Å². The number of hydrogen-bond acceptors (Lipinski definition) is 3. The Labute approximate surface area is 139 Å². The van der Waals surface area contributed by atoms with Gasteiger partial charge in [0.05, 0.1) is 6.26 Å². The lowest BCUT2D eigenvalue weighted by molar-refractivity contribution is 0.446. The number of rotatable bonds is 6. The maximum atomic E-state index is 11.4. The van der Waals surface area contributed by atoms with Gasteiger partial charge in [-0.1, -0.05) is 23.8 Å². The molecule has 0 unspecified atom stereocenters. The molecule has 3 N–H and O–H groups in total. The van der Waals surface area contributed by atoms with Gasteiger partial charge < -0.3 is 10.6 Å². The maximum Gasteiger partial charge on any atom is 0.209 e. The van der Waals surface area contributed by atoms with E-state index >= 15 is 0 Å². The van der Waals surface area contributed by atoms with Crippen LogP contribution in [0.3, 0.4) is 0 Å². The molecule has 0 aromatic heterocycles. The first kappa shape index (κ1) is 19.4. The second-order valence-corrected chi connectivity index (χ2v) is 8.22. The second kappa shape index (κ2) is 7.79. The fourth-order valence-electron chi connectivity index (χ4n) is 2.29. The fourth-order valence-corrected chi connectivity index (χ4v) is 3.36. The number of sulfonamides is 1. The highest BCUT2D eigenvalue weighted by molar-refractivity contribution is 7.88. The Morgan fingerprint density at radius 3 is 2.39 bits per heavy atom. The van der Waals surface area contributed by atoms with Crippen LogP contribution in [0.25, 0.3) is 0 Å². The van der Waals surface area contributed by atoms with E-state index in [1.165, 1.54) is 16.7 Å². The maximum absolute atomic E-state index is 11.4. The molecule has 23 heavy (non-hydrogen) atoms. The van der Waals surface area contributed by atoms with Gasteiger partial charge in [-0.15, -0.1) is 0 Å². The molecule has 0 aliphatic carbocycles. The van der Waals surface area contributed by atoms with E-state index in [9.17, 15) is 8.42 Å². The molecule has 0 atom stereocenters. The van der Waals surface area contributed by atoms with Crippen LogP contribution in [-0.4, -0.2) is 39.8 Å². The van der Waals surface area contributed by atoms with Crippen LogP contribution in [0.5, 0.6) is 0 Å². The number of aryl methyl sites for hydroxylation is 2. The summed E-state index contributed by atoms with van der Waals surface area (Å²) in [5.74, 6) is 0.633. The third kappa shape index (κ3) is 7.47. The molecule has 0 amide bonds. The molecule has 6 nitrogen and oxygen atoms in total. The largest absolute Gasteiger partial charge is 0.355 e. The molecule has 0 fully saturated rings. The van der Waals surface area contributed by atoms with E-state index in [2.05, 4.69) is 52.4 Å². The second-order valence-electron chi connectivity index (χ2n) is 6.47. The van der Waals surface area contributed by atoms with Crippen LogP contribution in [0.2, 0.25) is 0 Å². The fraction of sp³-hybridized carbons (Fsp3) is 0.562. The lowest BCUT2D eigenvalue weighted by Crippen LogP contribution is -2.52. The van der Waals surface area contributed by atoms with Crippen LogP contribution < -0.4 is 15.4 Å². The minimum Gasteiger partial charge on any atom is -0.355 e. The lowest BCUT2D eigenvalue weighted by Gasteiger charge is -2.26. The van der Waals surface area contributed by atoms with Gasteiger partial charge in [0.1, 0.15) is 0 Å². The van der Waals surface area contributed by atoms with Crippen molar-refractivity contribution in [2.45, 2.75) is 39.8 Å². The number of nitrogens with zero attached hydrogens (tertiary/aromatic N) is 1. The van der Waals surface area contributed by atoms with E-state index in [1.807, 2.05) is 13.8 Å².